The van der Waals surface area contributed by atoms with Crippen LogP contribution in [0.1, 0.15) is 124 Å². The van der Waals surface area contributed by atoms with E-state index in [4.69, 9.17) is 4.74 Å². The number of aromatic nitrogens is 1. The molecular formula is C38H53N2O3+. The van der Waals surface area contributed by atoms with Crippen molar-refractivity contribution in [2.75, 3.05) is 11.9 Å². The van der Waals surface area contributed by atoms with Gasteiger partial charge in [0.15, 0.2) is 24.7 Å². The second-order valence-corrected chi connectivity index (χ2v) is 12.0. The van der Waals surface area contributed by atoms with Crippen LogP contribution in [0.4, 0.5) is 5.69 Å². The molecule has 0 saturated heterocycles. The SMILES string of the molecule is CCCCCCCCCCCCCCOc1c(CC(=O)Nc2ccccc2C[n+]2cc(C)cc(C)c2)cccc1C(C)=O. The Hall–Kier alpha value is -3.47. The number of nitrogens with one attached hydrogen (secondary N) is 1. The van der Waals surface area contributed by atoms with Crippen LogP contribution in [-0.2, 0) is 17.8 Å². The van der Waals surface area contributed by atoms with Crippen LogP contribution < -0.4 is 14.6 Å². The first-order valence-electron chi connectivity index (χ1n) is 16.5. The molecular weight excluding hydrogens is 532 g/mol. The first-order valence-corrected chi connectivity index (χ1v) is 16.5. The van der Waals surface area contributed by atoms with E-state index in [0.717, 1.165) is 29.7 Å². The summed E-state index contributed by atoms with van der Waals surface area (Å²) in [5.74, 6) is 0.365. The zero-order valence-electron chi connectivity index (χ0n) is 27.1. The van der Waals surface area contributed by atoms with Crippen molar-refractivity contribution in [2.24, 2.45) is 0 Å². The number of aryl methyl sites for hydroxylation is 2. The molecule has 3 rings (SSSR count). The lowest BCUT2D eigenvalue weighted by molar-refractivity contribution is -0.688. The van der Waals surface area contributed by atoms with E-state index in [1.54, 1.807) is 13.0 Å². The van der Waals surface area contributed by atoms with Crippen LogP contribution in [0.5, 0.6) is 5.75 Å². The zero-order chi connectivity index (χ0) is 30.9. The monoisotopic (exact) mass is 585 g/mol. The third-order valence-electron chi connectivity index (χ3n) is 7.91. The second-order valence-electron chi connectivity index (χ2n) is 12.0. The van der Waals surface area contributed by atoms with E-state index in [-0.39, 0.29) is 18.1 Å². The predicted molar refractivity (Wildman–Crippen MR) is 177 cm³/mol. The molecule has 0 unspecified atom stereocenters. The van der Waals surface area contributed by atoms with Crippen LogP contribution in [-0.4, -0.2) is 18.3 Å². The first-order chi connectivity index (χ1) is 20.9. The van der Waals surface area contributed by atoms with E-state index in [9.17, 15) is 9.59 Å². The van der Waals surface area contributed by atoms with Gasteiger partial charge in [0.25, 0.3) is 0 Å². The standard InChI is InChI=1S/C38H52N2O3/c1-5-6-7-8-9-10-11-12-13-14-15-18-24-43-38-33(21-19-22-35(38)32(4)41)26-37(42)39-36-23-17-16-20-34(36)29-40-27-30(2)25-31(3)28-40/h16-17,19-23,25,27-28H,5-15,18,24,26,29H2,1-4H3/p+1. The van der Waals surface area contributed by atoms with Crippen LogP contribution >= 0.6 is 0 Å². The molecule has 5 nitrogen and oxygen atoms in total. The summed E-state index contributed by atoms with van der Waals surface area (Å²) < 4.78 is 8.34. The molecule has 0 saturated carbocycles. The van der Waals surface area contributed by atoms with Gasteiger partial charge in [0.05, 0.1) is 24.3 Å². The number of hydrogen-bond donors (Lipinski definition) is 1. The number of ether oxygens (including phenoxy) is 1. The Morgan fingerprint density at radius 1 is 0.744 bits per heavy atom. The topological polar surface area (TPSA) is 59.3 Å². The minimum absolute atomic E-state index is 0.0530. The number of nitrogens with zero attached hydrogens (tertiary/aromatic N) is 1. The predicted octanol–water partition coefficient (Wildman–Crippen LogP) is 9.10. The molecule has 0 aliphatic rings. The molecule has 2 aromatic carbocycles. The lowest BCUT2D eigenvalue weighted by Gasteiger charge is -2.15. The zero-order valence-corrected chi connectivity index (χ0v) is 27.1. The minimum Gasteiger partial charge on any atom is -0.493 e. The lowest BCUT2D eigenvalue weighted by atomic mass is 10.0. The molecule has 1 heterocycles. The van der Waals surface area contributed by atoms with Gasteiger partial charge in [-0.25, -0.2) is 4.57 Å². The van der Waals surface area contributed by atoms with Crippen molar-refractivity contribution in [3.63, 3.8) is 0 Å². The molecule has 1 aromatic heterocycles. The summed E-state index contributed by atoms with van der Waals surface area (Å²) in [4.78, 5) is 25.7. The highest BCUT2D eigenvalue weighted by Crippen LogP contribution is 2.27. The molecule has 0 bridgehead atoms. The summed E-state index contributed by atoms with van der Waals surface area (Å²) >= 11 is 0. The number of carbonyl (C=O) groups excluding carboxylic acids is 2. The Balaban J connectivity index is 1.51. The maximum atomic E-state index is 13.3. The molecule has 43 heavy (non-hydrogen) atoms. The minimum atomic E-state index is -0.131. The molecule has 0 fully saturated rings. The summed E-state index contributed by atoms with van der Waals surface area (Å²) in [6.07, 6.45) is 19.7. The van der Waals surface area contributed by atoms with Gasteiger partial charge >= 0.3 is 0 Å². The lowest BCUT2D eigenvalue weighted by Crippen LogP contribution is -2.34. The molecule has 0 aliphatic heterocycles. The summed E-state index contributed by atoms with van der Waals surface area (Å²) in [5.41, 5.74) is 5.50. The number of benzene rings is 2. The fraction of sp³-hybridized carbons (Fsp3) is 0.500. The van der Waals surface area contributed by atoms with E-state index < -0.39 is 0 Å². The number of unbranched alkanes of at least 4 members (excludes halogenated alkanes) is 11. The Morgan fingerprint density at radius 3 is 1.95 bits per heavy atom. The molecule has 0 aliphatic carbocycles. The first kappa shape index (κ1) is 34.0. The average Bonchev–Trinajstić information content (AvgIpc) is 2.96. The number of Topliss-reactive ketones (excluding diaryl/α,β-unsaturated/α-hetero) is 1. The Bertz CT molecular complexity index is 1280. The van der Waals surface area contributed by atoms with Crippen molar-refractivity contribution < 1.29 is 18.9 Å². The molecule has 0 atom stereocenters. The van der Waals surface area contributed by atoms with Gasteiger partial charge in [-0.15, -0.1) is 0 Å². The van der Waals surface area contributed by atoms with Crippen molar-refractivity contribution in [3.8, 4) is 5.75 Å². The number of ketones is 1. The van der Waals surface area contributed by atoms with Crippen LogP contribution in [0, 0.1) is 13.8 Å². The number of amides is 1. The number of anilines is 1. The van der Waals surface area contributed by atoms with E-state index in [1.807, 2.05) is 36.4 Å². The number of pyridine rings is 1. The largest absolute Gasteiger partial charge is 0.493 e. The van der Waals surface area contributed by atoms with Crippen molar-refractivity contribution in [3.05, 3.63) is 88.7 Å². The highest BCUT2D eigenvalue weighted by Gasteiger charge is 2.17. The van der Waals surface area contributed by atoms with Crippen LogP contribution in [0.15, 0.2) is 60.9 Å². The Labute approximate surface area is 260 Å². The van der Waals surface area contributed by atoms with Crippen LogP contribution in [0.3, 0.4) is 0 Å². The van der Waals surface area contributed by atoms with E-state index >= 15 is 0 Å². The number of carbonyl (C=O) groups is 2. The normalized spacial score (nSPS) is 11.0. The third kappa shape index (κ3) is 12.3. The highest BCUT2D eigenvalue weighted by molar-refractivity contribution is 5.98. The summed E-state index contributed by atoms with van der Waals surface area (Å²) in [5, 5.41) is 3.11. The Morgan fingerprint density at radius 2 is 1.33 bits per heavy atom. The van der Waals surface area contributed by atoms with Gasteiger partial charge in [-0.3, -0.25) is 9.59 Å². The van der Waals surface area contributed by atoms with Gasteiger partial charge in [-0.1, -0.05) is 108 Å². The van der Waals surface area contributed by atoms with Crippen molar-refractivity contribution in [1.29, 1.82) is 0 Å². The van der Waals surface area contributed by atoms with Crippen molar-refractivity contribution in [2.45, 2.75) is 118 Å². The molecule has 1 amide bonds. The highest BCUT2D eigenvalue weighted by atomic mass is 16.5. The summed E-state index contributed by atoms with van der Waals surface area (Å²) in [6.45, 7) is 9.20. The quantitative estimate of drug-likeness (QED) is 0.0817. The molecule has 3 aromatic rings. The van der Waals surface area contributed by atoms with Gasteiger partial charge in [-0.2, -0.15) is 0 Å². The van der Waals surface area contributed by atoms with Gasteiger partial charge in [0.2, 0.25) is 5.91 Å². The van der Waals surface area contributed by atoms with Gasteiger partial charge in [0, 0.05) is 22.3 Å². The molecule has 0 spiro atoms. The van der Waals surface area contributed by atoms with Crippen molar-refractivity contribution >= 4 is 17.4 Å². The van der Waals surface area contributed by atoms with Crippen LogP contribution in [0.2, 0.25) is 0 Å². The summed E-state index contributed by atoms with van der Waals surface area (Å²) in [6, 6.07) is 15.6. The Kier molecular flexibility index (Phi) is 15.0. The maximum Gasteiger partial charge on any atom is 0.228 e. The summed E-state index contributed by atoms with van der Waals surface area (Å²) in [7, 11) is 0. The van der Waals surface area contributed by atoms with Gasteiger partial charge in [-0.05, 0) is 45.4 Å². The van der Waals surface area contributed by atoms with Gasteiger partial charge < -0.3 is 10.1 Å². The van der Waals surface area contributed by atoms with Crippen molar-refractivity contribution in [1.82, 2.24) is 0 Å². The smallest absolute Gasteiger partial charge is 0.228 e. The fourth-order valence-electron chi connectivity index (χ4n) is 5.72. The second kappa shape index (κ2) is 18.9. The van der Waals surface area contributed by atoms with E-state index in [2.05, 4.69) is 49.1 Å². The van der Waals surface area contributed by atoms with E-state index in [0.29, 0.717) is 24.5 Å². The number of rotatable bonds is 20. The number of hydrogen-bond acceptors (Lipinski definition) is 3. The molecule has 232 valence electrons. The number of para-hydroxylation sites is 2. The molecule has 1 N–H and O–H groups in total. The third-order valence-corrected chi connectivity index (χ3v) is 7.91. The average molecular weight is 586 g/mol. The van der Waals surface area contributed by atoms with Gasteiger partial charge in [0.1, 0.15) is 5.75 Å². The molecule has 0 radical (unpaired) electrons. The molecule has 5 heteroatoms. The van der Waals surface area contributed by atoms with Crippen LogP contribution in [0.25, 0.3) is 0 Å². The van der Waals surface area contributed by atoms with E-state index in [1.165, 1.54) is 75.3 Å². The fourth-order valence-corrected chi connectivity index (χ4v) is 5.72. The maximum absolute atomic E-state index is 13.3.